The van der Waals surface area contributed by atoms with Crippen LogP contribution in [0.4, 0.5) is 5.82 Å². The lowest BCUT2D eigenvalue weighted by Crippen LogP contribution is -2.39. The van der Waals surface area contributed by atoms with Crippen molar-refractivity contribution in [1.29, 1.82) is 0 Å². The molecule has 8 nitrogen and oxygen atoms in total. The van der Waals surface area contributed by atoms with E-state index in [-0.39, 0.29) is 12.0 Å². The number of aryl methyl sites for hydroxylation is 2. The number of β-amino-alcohol motifs (C(OH)–C–C–N with tert-alkyl or cyclic N) is 1. The molecule has 3 aromatic rings. The molecule has 1 aromatic carbocycles. The van der Waals surface area contributed by atoms with Crippen molar-refractivity contribution in [2.24, 2.45) is 0 Å². The molecule has 0 unspecified atom stereocenters. The molecule has 6 rings (SSSR count). The molecule has 0 saturated carbocycles. The van der Waals surface area contributed by atoms with Crippen LogP contribution in [0, 0.1) is 13.8 Å². The standard InChI is InChI=1S/C23H28N6O2/c1-13-5-15-9-25-29(20(15)7-19(13)18-3-4-24-10-21(18)30)23-8-22(26-14(2)27-23)28-11-17-6-16(28)12-31-17/h5,7-9,16-18,21,24,30H,3-4,6,10-12H2,1-2H3/t16-,17-,18+,21+/m0/s1. The van der Waals surface area contributed by atoms with Crippen molar-refractivity contribution in [2.45, 2.75) is 50.9 Å². The lowest BCUT2D eigenvalue weighted by Gasteiger charge is -2.30. The highest BCUT2D eigenvalue weighted by Gasteiger charge is 2.39. The SMILES string of the molecule is Cc1nc(N2C[C@@H]3C[C@H]2CO3)cc(-n2ncc3cc(C)c([C@H]4CCNC[C@H]4O)cc32)n1. The molecule has 0 spiro atoms. The van der Waals surface area contributed by atoms with Crippen LogP contribution in [-0.4, -0.2) is 69.3 Å². The Labute approximate surface area is 181 Å². The Bertz CT molecular complexity index is 1140. The van der Waals surface area contributed by atoms with E-state index in [4.69, 9.17) is 14.7 Å². The van der Waals surface area contributed by atoms with E-state index in [0.29, 0.717) is 18.7 Å². The van der Waals surface area contributed by atoms with Crippen molar-refractivity contribution >= 4 is 16.7 Å². The molecule has 0 radical (unpaired) electrons. The molecule has 0 amide bonds. The molecular weight excluding hydrogens is 392 g/mol. The molecule has 162 valence electrons. The monoisotopic (exact) mass is 420 g/mol. The molecule has 2 aromatic heterocycles. The summed E-state index contributed by atoms with van der Waals surface area (Å²) in [4.78, 5) is 11.8. The van der Waals surface area contributed by atoms with Gasteiger partial charge in [-0.2, -0.15) is 5.10 Å². The number of nitrogens with one attached hydrogen (secondary N) is 1. The average molecular weight is 421 g/mol. The topological polar surface area (TPSA) is 88.3 Å². The fourth-order valence-corrected chi connectivity index (χ4v) is 5.46. The maximum atomic E-state index is 10.6. The van der Waals surface area contributed by atoms with Gasteiger partial charge in [0.1, 0.15) is 11.6 Å². The molecule has 4 atom stereocenters. The smallest absolute Gasteiger partial charge is 0.159 e. The summed E-state index contributed by atoms with van der Waals surface area (Å²) in [7, 11) is 0. The Kier molecular flexibility index (Phi) is 4.48. The van der Waals surface area contributed by atoms with Crippen LogP contribution < -0.4 is 10.2 Å². The number of morpholine rings is 1. The zero-order chi connectivity index (χ0) is 21.1. The molecule has 5 heterocycles. The summed E-state index contributed by atoms with van der Waals surface area (Å²) < 4.78 is 7.67. The summed E-state index contributed by atoms with van der Waals surface area (Å²) in [5, 5.41) is 19.6. The fourth-order valence-electron chi connectivity index (χ4n) is 5.46. The molecule has 3 saturated heterocycles. The number of anilines is 1. The van der Waals surface area contributed by atoms with E-state index in [2.05, 4.69) is 34.4 Å². The molecule has 2 bridgehead atoms. The number of aliphatic hydroxyl groups excluding tert-OH is 1. The van der Waals surface area contributed by atoms with Gasteiger partial charge in [0.15, 0.2) is 5.82 Å². The van der Waals surface area contributed by atoms with Gasteiger partial charge in [0.2, 0.25) is 0 Å². The number of rotatable bonds is 3. The zero-order valence-electron chi connectivity index (χ0n) is 18.0. The van der Waals surface area contributed by atoms with Gasteiger partial charge in [-0.3, -0.25) is 0 Å². The minimum absolute atomic E-state index is 0.136. The van der Waals surface area contributed by atoms with E-state index >= 15 is 0 Å². The Morgan fingerprint density at radius 3 is 2.81 bits per heavy atom. The predicted molar refractivity (Wildman–Crippen MR) is 118 cm³/mol. The molecule has 3 aliphatic rings. The Balaban J connectivity index is 1.42. The zero-order valence-corrected chi connectivity index (χ0v) is 18.0. The van der Waals surface area contributed by atoms with E-state index in [9.17, 15) is 5.11 Å². The summed E-state index contributed by atoms with van der Waals surface area (Å²) in [6.45, 7) is 7.28. The van der Waals surface area contributed by atoms with Crippen LogP contribution in [0.5, 0.6) is 0 Å². The largest absolute Gasteiger partial charge is 0.391 e. The Hall–Kier alpha value is -2.55. The number of hydrogen-bond acceptors (Lipinski definition) is 7. The predicted octanol–water partition coefficient (Wildman–Crippen LogP) is 1.85. The number of aromatic nitrogens is 4. The van der Waals surface area contributed by atoms with Gasteiger partial charge in [-0.05, 0) is 56.5 Å². The second kappa shape index (κ2) is 7.25. The minimum atomic E-state index is -0.373. The van der Waals surface area contributed by atoms with Crippen LogP contribution in [0.3, 0.4) is 0 Å². The first-order chi connectivity index (χ1) is 15.1. The number of nitrogens with zero attached hydrogens (tertiary/aromatic N) is 5. The molecule has 8 heteroatoms. The van der Waals surface area contributed by atoms with E-state index in [1.807, 2.05) is 23.9 Å². The van der Waals surface area contributed by atoms with Crippen LogP contribution in [0.2, 0.25) is 0 Å². The van der Waals surface area contributed by atoms with Crippen LogP contribution >= 0.6 is 0 Å². The maximum Gasteiger partial charge on any atom is 0.159 e. The average Bonchev–Trinajstić information content (AvgIpc) is 3.49. The summed E-state index contributed by atoms with van der Waals surface area (Å²) >= 11 is 0. The third-order valence-electron chi connectivity index (χ3n) is 7.03. The summed E-state index contributed by atoms with van der Waals surface area (Å²) in [5.74, 6) is 2.60. The lowest BCUT2D eigenvalue weighted by atomic mass is 9.85. The van der Waals surface area contributed by atoms with Crippen LogP contribution in [0.1, 0.15) is 35.7 Å². The maximum absolute atomic E-state index is 10.6. The Morgan fingerprint density at radius 1 is 1.16 bits per heavy atom. The number of ether oxygens (including phenoxy) is 1. The van der Waals surface area contributed by atoms with Crippen molar-refractivity contribution in [2.75, 3.05) is 31.1 Å². The molecule has 3 aliphatic heterocycles. The van der Waals surface area contributed by atoms with Gasteiger partial charge in [-0.25, -0.2) is 14.6 Å². The summed E-state index contributed by atoms with van der Waals surface area (Å²) in [5.41, 5.74) is 3.41. The van der Waals surface area contributed by atoms with E-state index in [1.54, 1.807) is 0 Å². The first kappa shape index (κ1) is 19.2. The molecule has 0 aliphatic carbocycles. The highest BCUT2D eigenvalue weighted by atomic mass is 16.5. The number of aliphatic hydroxyl groups is 1. The quantitative estimate of drug-likeness (QED) is 0.669. The molecule has 31 heavy (non-hydrogen) atoms. The van der Waals surface area contributed by atoms with Crippen molar-refractivity contribution < 1.29 is 9.84 Å². The third-order valence-corrected chi connectivity index (χ3v) is 7.03. The number of piperidine rings is 1. The van der Waals surface area contributed by atoms with E-state index < -0.39 is 0 Å². The highest BCUT2D eigenvalue weighted by Crippen LogP contribution is 2.34. The van der Waals surface area contributed by atoms with Crippen LogP contribution in [-0.2, 0) is 4.74 Å². The second-order valence-corrected chi connectivity index (χ2v) is 9.12. The molecule has 2 N–H and O–H groups in total. The van der Waals surface area contributed by atoms with Crippen LogP contribution in [0.15, 0.2) is 24.4 Å². The number of hydrogen-bond donors (Lipinski definition) is 2. The van der Waals surface area contributed by atoms with Gasteiger partial charge in [-0.1, -0.05) is 0 Å². The molecule has 3 fully saturated rings. The second-order valence-electron chi connectivity index (χ2n) is 9.12. The Morgan fingerprint density at radius 2 is 2.03 bits per heavy atom. The lowest BCUT2D eigenvalue weighted by molar-refractivity contribution is 0.0988. The normalized spacial score (nSPS) is 28.0. The van der Waals surface area contributed by atoms with Crippen LogP contribution in [0.25, 0.3) is 16.7 Å². The van der Waals surface area contributed by atoms with Crippen molar-refractivity contribution in [3.05, 3.63) is 41.3 Å². The fraction of sp³-hybridized carbons (Fsp3) is 0.522. The van der Waals surface area contributed by atoms with E-state index in [0.717, 1.165) is 60.9 Å². The van der Waals surface area contributed by atoms with Gasteiger partial charge in [0.25, 0.3) is 0 Å². The molecular formula is C23H28N6O2. The number of benzene rings is 1. The first-order valence-corrected chi connectivity index (χ1v) is 11.2. The van der Waals surface area contributed by atoms with Crippen molar-refractivity contribution in [3.8, 4) is 5.82 Å². The summed E-state index contributed by atoms with van der Waals surface area (Å²) in [6, 6.07) is 6.81. The summed E-state index contributed by atoms with van der Waals surface area (Å²) in [6.07, 6.45) is 3.84. The van der Waals surface area contributed by atoms with Crippen molar-refractivity contribution in [1.82, 2.24) is 25.1 Å². The van der Waals surface area contributed by atoms with Crippen molar-refractivity contribution in [3.63, 3.8) is 0 Å². The van der Waals surface area contributed by atoms with Gasteiger partial charge >= 0.3 is 0 Å². The third kappa shape index (κ3) is 3.21. The van der Waals surface area contributed by atoms with E-state index in [1.165, 1.54) is 11.1 Å². The minimum Gasteiger partial charge on any atom is -0.391 e. The van der Waals surface area contributed by atoms with Gasteiger partial charge in [0, 0.05) is 30.5 Å². The highest BCUT2D eigenvalue weighted by molar-refractivity contribution is 5.82. The number of fused-ring (bicyclic) bond motifs is 3. The van der Waals surface area contributed by atoms with Gasteiger partial charge < -0.3 is 20.1 Å². The van der Waals surface area contributed by atoms with Gasteiger partial charge in [0.05, 0.1) is 36.6 Å². The van der Waals surface area contributed by atoms with Gasteiger partial charge in [-0.15, -0.1) is 0 Å². The first-order valence-electron chi connectivity index (χ1n) is 11.2.